The summed E-state index contributed by atoms with van der Waals surface area (Å²) in [5, 5.41) is 9.13. The van der Waals surface area contributed by atoms with E-state index < -0.39 is 5.97 Å². The minimum atomic E-state index is -0.856. The zero-order chi connectivity index (χ0) is 10.0. The molecule has 0 aromatic heterocycles. The average molecular weight is 199 g/mol. The fourth-order valence-corrected chi connectivity index (χ4v) is 1.42. The molecule has 0 amide bonds. The second-order valence-corrected chi connectivity index (χ2v) is 3.51. The molecule has 1 aromatic carbocycles. The Kier molecular flexibility index (Phi) is 2.94. The second kappa shape index (κ2) is 3.79. The molecule has 0 aliphatic carbocycles. The van der Waals surface area contributed by atoms with Crippen molar-refractivity contribution < 1.29 is 9.90 Å². The van der Waals surface area contributed by atoms with Crippen LogP contribution in [0.2, 0.25) is 5.02 Å². The smallest absolute Gasteiger partial charge is 0.307 e. The van der Waals surface area contributed by atoms with Crippen LogP contribution >= 0.6 is 11.6 Å². The lowest BCUT2D eigenvalue weighted by molar-refractivity contribution is -0.136. The number of carbonyl (C=O) groups is 1. The highest BCUT2D eigenvalue weighted by molar-refractivity contribution is 6.31. The minimum absolute atomic E-state index is 0.0139. The van der Waals surface area contributed by atoms with Crippen LogP contribution in [0.1, 0.15) is 16.7 Å². The van der Waals surface area contributed by atoms with E-state index in [9.17, 15) is 4.79 Å². The second-order valence-electron chi connectivity index (χ2n) is 3.10. The third-order valence-electron chi connectivity index (χ3n) is 2.00. The first-order chi connectivity index (χ1) is 6.00. The molecule has 1 aromatic rings. The molecule has 0 radical (unpaired) electrons. The Balaban J connectivity index is 3.08. The third-order valence-corrected chi connectivity index (χ3v) is 2.36. The van der Waals surface area contributed by atoms with Crippen molar-refractivity contribution in [1.29, 1.82) is 0 Å². The van der Waals surface area contributed by atoms with Crippen LogP contribution in [0, 0.1) is 13.8 Å². The van der Waals surface area contributed by atoms with E-state index >= 15 is 0 Å². The topological polar surface area (TPSA) is 37.3 Å². The fourth-order valence-electron chi connectivity index (χ4n) is 1.14. The highest BCUT2D eigenvalue weighted by Gasteiger charge is 2.06. The number of hydrogen-bond donors (Lipinski definition) is 1. The largest absolute Gasteiger partial charge is 0.481 e. The summed E-state index contributed by atoms with van der Waals surface area (Å²) in [7, 11) is 0. The van der Waals surface area contributed by atoms with Gasteiger partial charge in [-0.05, 0) is 36.6 Å². The van der Waals surface area contributed by atoms with Crippen LogP contribution in [0.15, 0.2) is 12.1 Å². The quantitative estimate of drug-likeness (QED) is 0.793. The molecule has 2 nitrogen and oxygen atoms in total. The van der Waals surface area contributed by atoms with Crippen molar-refractivity contribution in [3.05, 3.63) is 33.8 Å². The Morgan fingerprint density at radius 3 is 2.46 bits per heavy atom. The van der Waals surface area contributed by atoms with E-state index in [1.54, 1.807) is 6.07 Å². The first-order valence-electron chi connectivity index (χ1n) is 3.98. The normalized spacial score (nSPS) is 10.1. The SMILES string of the molecule is Cc1cc(Cl)c(CC(=O)O)cc1C. The van der Waals surface area contributed by atoms with Crippen molar-refractivity contribution in [3.8, 4) is 0 Å². The van der Waals surface area contributed by atoms with Gasteiger partial charge in [-0.2, -0.15) is 0 Å². The van der Waals surface area contributed by atoms with Gasteiger partial charge < -0.3 is 5.11 Å². The number of rotatable bonds is 2. The molecule has 13 heavy (non-hydrogen) atoms. The van der Waals surface area contributed by atoms with Crippen LogP contribution in [0.5, 0.6) is 0 Å². The van der Waals surface area contributed by atoms with Gasteiger partial charge in [0.05, 0.1) is 6.42 Å². The molecule has 0 heterocycles. The first kappa shape index (κ1) is 10.1. The maximum absolute atomic E-state index is 10.5. The summed E-state index contributed by atoms with van der Waals surface area (Å²) in [6.07, 6.45) is -0.0139. The molecule has 0 unspecified atom stereocenters. The highest BCUT2D eigenvalue weighted by Crippen LogP contribution is 2.21. The zero-order valence-electron chi connectivity index (χ0n) is 7.60. The van der Waals surface area contributed by atoms with Crippen LogP contribution in [0.4, 0.5) is 0 Å². The molecule has 0 saturated heterocycles. The molecule has 0 spiro atoms. The molecule has 0 fully saturated rings. The highest BCUT2D eigenvalue weighted by atomic mass is 35.5. The predicted octanol–water partition coefficient (Wildman–Crippen LogP) is 2.58. The lowest BCUT2D eigenvalue weighted by Gasteiger charge is -2.05. The van der Waals surface area contributed by atoms with Crippen LogP contribution < -0.4 is 0 Å². The number of hydrogen-bond acceptors (Lipinski definition) is 1. The molecule has 1 N–H and O–H groups in total. The van der Waals surface area contributed by atoms with Gasteiger partial charge in [-0.25, -0.2) is 0 Å². The van der Waals surface area contributed by atoms with Gasteiger partial charge in [-0.15, -0.1) is 0 Å². The van der Waals surface area contributed by atoms with E-state index in [1.165, 1.54) is 0 Å². The Morgan fingerprint density at radius 2 is 1.92 bits per heavy atom. The lowest BCUT2D eigenvalue weighted by Crippen LogP contribution is -2.01. The summed E-state index contributed by atoms with van der Waals surface area (Å²) in [4.78, 5) is 10.5. The van der Waals surface area contributed by atoms with Gasteiger partial charge in [0.25, 0.3) is 0 Å². The van der Waals surface area contributed by atoms with Gasteiger partial charge in [0, 0.05) is 5.02 Å². The molecular formula is C10H11ClO2. The monoisotopic (exact) mass is 198 g/mol. The van der Waals surface area contributed by atoms with E-state index in [1.807, 2.05) is 19.9 Å². The third kappa shape index (κ3) is 2.46. The number of carboxylic acids is 1. The number of halogens is 1. The fraction of sp³-hybridized carbons (Fsp3) is 0.300. The van der Waals surface area contributed by atoms with Crippen LogP contribution in [0.25, 0.3) is 0 Å². The van der Waals surface area contributed by atoms with Gasteiger partial charge in [-0.1, -0.05) is 17.7 Å². The Labute approximate surface area is 82.2 Å². The first-order valence-corrected chi connectivity index (χ1v) is 4.36. The van der Waals surface area contributed by atoms with Crippen molar-refractivity contribution in [2.24, 2.45) is 0 Å². The summed E-state index contributed by atoms with van der Waals surface area (Å²) in [6.45, 7) is 3.89. The van der Waals surface area contributed by atoms with Crippen LogP contribution in [-0.2, 0) is 11.2 Å². The summed E-state index contributed by atoms with van der Waals surface area (Å²) in [5.74, 6) is -0.856. The van der Waals surface area contributed by atoms with E-state index in [-0.39, 0.29) is 6.42 Å². The minimum Gasteiger partial charge on any atom is -0.481 e. The summed E-state index contributed by atoms with van der Waals surface area (Å²) in [5.41, 5.74) is 2.83. The van der Waals surface area contributed by atoms with Gasteiger partial charge in [0.2, 0.25) is 0 Å². The van der Waals surface area contributed by atoms with Crippen molar-refractivity contribution >= 4 is 17.6 Å². The van der Waals surface area contributed by atoms with Crippen molar-refractivity contribution in [2.45, 2.75) is 20.3 Å². The number of carboxylic acid groups (broad SMARTS) is 1. The van der Waals surface area contributed by atoms with Crippen molar-refractivity contribution in [3.63, 3.8) is 0 Å². The molecule has 1 rings (SSSR count). The summed E-state index contributed by atoms with van der Waals surface area (Å²) in [6, 6.07) is 3.63. The maximum atomic E-state index is 10.5. The molecule has 3 heteroatoms. The van der Waals surface area contributed by atoms with E-state index in [4.69, 9.17) is 16.7 Å². The molecule has 0 saturated carbocycles. The lowest BCUT2D eigenvalue weighted by atomic mass is 10.0. The van der Waals surface area contributed by atoms with E-state index in [0.717, 1.165) is 11.1 Å². The number of aliphatic carboxylic acids is 1. The van der Waals surface area contributed by atoms with E-state index in [0.29, 0.717) is 10.6 Å². The van der Waals surface area contributed by atoms with Gasteiger partial charge >= 0.3 is 5.97 Å². The number of benzene rings is 1. The zero-order valence-corrected chi connectivity index (χ0v) is 8.35. The molecule has 0 aliphatic heterocycles. The van der Waals surface area contributed by atoms with Gasteiger partial charge in [0.15, 0.2) is 0 Å². The molecule has 0 atom stereocenters. The molecular weight excluding hydrogens is 188 g/mol. The Morgan fingerprint density at radius 1 is 1.38 bits per heavy atom. The van der Waals surface area contributed by atoms with Crippen molar-refractivity contribution in [2.75, 3.05) is 0 Å². The van der Waals surface area contributed by atoms with Crippen LogP contribution in [0.3, 0.4) is 0 Å². The van der Waals surface area contributed by atoms with E-state index in [2.05, 4.69) is 0 Å². The maximum Gasteiger partial charge on any atom is 0.307 e. The molecule has 0 aliphatic rings. The standard InChI is InChI=1S/C10H11ClO2/c1-6-3-8(5-10(12)13)9(11)4-7(6)2/h3-4H,5H2,1-2H3,(H,12,13). The summed E-state index contributed by atoms with van der Waals surface area (Å²) >= 11 is 5.88. The predicted molar refractivity (Wildman–Crippen MR) is 52.3 cm³/mol. The molecule has 70 valence electrons. The summed E-state index contributed by atoms with van der Waals surface area (Å²) < 4.78 is 0. The van der Waals surface area contributed by atoms with Crippen molar-refractivity contribution in [1.82, 2.24) is 0 Å². The number of aryl methyl sites for hydroxylation is 2. The van der Waals surface area contributed by atoms with Crippen LogP contribution in [-0.4, -0.2) is 11.1 Å². The average Bonchev–Trinajstić information content (AvgIpc) is 1.99. The van der Waals surface area contributed by atoms with Gasteiger partial charge in [-0.3, -0.25) is 4.79 Å². The Hall–Kier alpha value is -1.02. The van der Waals surface area contributed by atoms with Gasteiger partial charge in [0.1, 0.15) is 0 Å². The Bertz CT molecular complexity index is 345. The molecule has 0 bridgehead atoms.